The summed E-state index contributed by atoms with van der Waals surface area (Å²) >= 11 is 5.77. The van der Waals surface area contributed by atoms with E-state index in [0.29, 0.717) is 5.95 Å². The topological polar surface area (TPSA) is 80.2 Å². The highest BCUT2D eigenvalue weighted by molar-refractivity contribution is 6.28. The van der Waals surface area contributed by atoms with Crippen molar-refractivity contribution in [3.63, 3.8) is 0 Å². The molecule has 0 aliphatic heterocycles. The van der Waals surface area contributed by atoms with Gasteiger partial charge in [-0.3, -0.25) is 0 Å². The first kappa shape index (κ1) is 13.3. The van der Waals surface area contributed by atoms with E-state index in [2.05, 4.69) is 20.3 Å². The molecule has 1 saturated carbocycles. The molecule has 0 spiro atoms. The minimum atomic E-state index is -0.381. The summed E-state index contributed by atoms with van der Waals surface area (Å²) in [6.07, 6.45) is 4.61. The molecule has 1 fully saturated rings. The lowest BCUT2D eigenvalue weighted by atomic mass is 10.1. The molecule has 1 aliphatic carbocycles. The highest BCUT2D eigenvalue weighted by atomic mass is 35.5. The van der Waals surface area contributed by atoms with E-state index < -0.39 is 0 Å². The van der Waals surface area contributed by atoms with Crippen LogP contribution in [0.3, 0.4) is 0 Å². The Balaban J connectivity index is 2.09. The molecule has 1 aliphatic rings. The fourth-order valence-corrected chi connectivity index (χ4v) is 2.26. The van der Waals surface area contributed by atoms with E-state index in [1.807, 2.05) is 0 Å². The smallest absolute Gasteiger partial charge is 0.322 e. The maximum atomic E-state index is 10.0. The van der Waals surface area contributed by atoms with Gasteiger partial charge in [0.25, 0.3) is 0 Å². The number of methoxy groups -OCH3 is 1. The van der Waals surface area contributed by atoms with E-state index in [9.17, 15) is 5.11 Å². The van der Waals surface area contributed by atoms with E-state index in [1.165, 1.54) is 7.11 Å². The van der Waals surface area contributed by atoms with Crippen LogP contribution in [0.1, 0.15) is 32.1 Å². The van der Waals surface area contributed by atoms with Crippen molar-refractivity contribution in [1.29, 1.82) is 0 Å². The van der Waals surface area contributed by atoms with Crippen LogP contribution in [-0.4, -0.2) is 39.3 Å². The SMILES string of the molecule is COc1nc(Cl)nc(NC2CCCCCC2O)n1. The Morgan fingerprint density at radius 2 is 2.00 bits per heavy atom. The zero-order valence-corrected chi connectivity index (χ0v) is 11.0. The Labute approximate surface area is 111 Å². The van der Waals surface area contributed by atoms with E-state index in [4.69, 9.17) is 16.3 Å². The van der Waals surface area contributed by atoms with E-state index in [1.54, 1.807) is 0 Å². The Morgan fingerprint density at radius 3 is 2.78 bits per heavy atom. The summed E-state index contributed by atoms with van der Waals surface area (Å²) in [4.78, 5) is 11.8. The van der Waals surface area contributed by atoms with Crippen molar-refractivity contribution in [1.82, 2.24) is 15.0 Å². The Hall–Kier alpha value is -1.14. The fourth-order valence-electron chi connectivity index (χ4n) is 2.11. The first-order chi connectivity index (χ1) is 8.69. The molecular weight excluding hydrogens is 256 g/mol. The molecule has 100 valence electrons. The maximum Gasteiger partial charge on any atom is 0.322 e. The van der Waals surface area contributed by atoms with Crippen molar-refractivity contribution in [3.05, 3.63) is 5.28 Å². The second-order valence-electron chi connectivity index (χ2n) is 4.37. The van der Waals surface area contributed by atoms with Gasteiger partial charge in [0.2, 0.25) is 11.2 Å². The van der Waals surface area contributed by atoms with Gasteiger partial charge in [0.15, 0.2) is 0 Å². The lowest BCUT2D eigenvalue weighted by molar-refractivity contribution is 0.144. The van der Waals surface area contributed by atoms with Crippen LogP contribution in [0.5, 0.6) is 6.01 Å². The number of nitrogens with zero attached hydrogens (tertiary/aromatic N) is 3. The van der Waals surface area contributed by atoms with Gasteiger partial charge >= 0.3 is 6.01 Å². The summed E-state index contributed by atoms with van der Waals surface area (Å²) in [5, 5.41) is 13.2. The molecule has 2 unspecified atom stereocenters. The number of hydrogen-bond acceptors (Lipinski definition) is 6. The summed E-state index contributed by atoms with van der Waals surface area (Å²) in [7, 11) is 1.47. The zero-order chi connectivity index (χ0) is 13.0. The number of nitrogens with one attached hydrogen (secondary N) is 1. The predicted octanol–water partition coefficient (Wildman–Crippen LogP) is 1.64. The first-order valence-corrected chi connectivity index (χ1v) is 6.47. The average molecular weight is 273 g/mol. The fraction of sp³-hybridized carbons (Fsp3) is 0.727. The van der Waals surface area contributed by atoms with Crippen LogP contribution in [-0.2, 0) is 0 Å². The molecule has 0 radical (unpaired) electrons. The van der Waals surface area contributed by atoms with Gasteiger partial charge in [-0.1, -0.05) is 19.3 Å². The van der Waals surface area contributed by atoms with Crippen molar-refractivity contribution in [3.8, 4) is 6.01 Å². The number of hydrogen-bond donors (Lipinski definition) is 2. The number of rotatable bonds is 3. The minimum Gasteiger partial charge on any atom is -0.467 e. The lowest BCUT2D eigenvalue weighted by Crippen LogP contribution is -2.33. The van der Waals surface area contributed by atoms with E-state index in [-0.39, 0.29) is 23.4 Å². The van der Waals surface area contributed by atoms with E-state index in [0.717, 1.165) is 32.1 Å². The van der Waals surface area contributed by atoms with Gasteiger partial charge in [0, 0.05) is 0 Å². The molecule has 1 heterocycles. The lowest BCUT2D eigenvalue weighted by Gasteiger charge is -2.21. The first-order valence-electron chi connectivity index (χ1n) is 6.09. The molecule has 0 amide bonds. The molecule has 2 atom stereocenters. The van der Waals surface area contributed by atoms with Crippen molar-refractivity contribution < 1.29 is 9.84 Å². The molecule has 7 heteroatoms. The maximum absolute atomic E-state index is 10.0. The number of aliphatic hydroxyl groups excluding tert-OH is 1. The van der Waals surface area contributed by atoms with Crippen molar-refractivity contribution >= 4 is 17.5 Å². The highest BCUT2D eigenvalue weighted by Crippen LogP contribution is 2.21. The second-order valence-corrected chi connectivity index (χ2v) is 4.71. The summed E-state index contributed by atoms with van der Waals surface area (Å²) < 4.78 is 4.93. The number of halogens is 1. The Bertz CT molecular complexity index is 405. The van der Waals surface area contributed by atoms with Crippen LogP contribution in [0.4, 0.5) is 5.95 Å². The predicted molar refractivity (Wildman–Crippen MR) is 67.9 cm³/mol. The Morgan fingerprint density at radius 1 is 1.22 bits per heavy atom. The normalized spacial score (nSPS) is 24.4. The van der Waals surface area contributed by atoms with Gasteiger partial charge < -0.3 is 15.2 Å². The molecule has 6 nitrogen and oxygen atoms in total. The summed E-state index contributed by atoms with van der Waals surface area (Å²) in [5.41, 5.74) is 0. The van der Waals surface area contributed by atoms with Crippen LogP contribution in [0.25, 0.3) is 0 Å². The average Bonchev–Trinajstić information content (AvgIpc) is 2.54. The van der Waals surface area contributed by atoms with Gasteiger partial charge in [-0.25, -0.2) is 0 Å². The van der Waals surface area contributed by atoms with Gasteiger partial charge in [-0.2, -0.15) is 15.0 Å². The molecule has 2 rings (SSSR count). The summed E-state index contributed by atoms with van der Waals surface area (Å²) in [6.45, 7) is 0. The molecular formula is C11H17ClN4O2. The van der Waals surface area contributed by atoms with Crippen LogP contribution in [0, 0.1) is 0 Å². The molecule has 1 aromatic heterocycles. The third kappa shape index (κ3) is 3.43. The van der Waals surface area contributed by atoms with E-state index >= 15 is 0 Å². The van der Waals surface area contributed by atoms with Gasteiger partial charge in [-0.15, -0.1) is 0 Å². The largest absolute Gasteiger partial charge is 0.467 e. The minimum absolute atomic E-state index is 0.0457. The summed E-state index contributed by atoms with van der Waals surface area (Å²) in [6, 6.07) is 0.122. The number of aromatic nitrogens is 3. The number of aliphatic hydroxyl groups is 1. The second kappa shape index (κ2) is 6.15. The van der Waals surface area contributed by atoms with Crippen molar-refractivity contribution in [2.45, 2.75) is 44.2 Å². The molecule has 1 aromatic rings. The number of ether oxygens (including phenoxy) is 1. The van der Waals surface area contributed by atoms with Crippen molar-refractivity contribution in [2.24, 2.45) is 0 Å². The van der Waals surface area contributed by atoms with Crippen LogP contribution < -0.4 is 10.1 Å². The van der Waals surface area contributed by atoms with Gasteiger partial charge in [0.1, 0.15) is 0 Å². The zero-order valence-electron chi connectivity index (χ0n) is 10.3. The van der Waals surface area contributed by atoms with Crippen molar-refractivity contribution in [2.75, 3.05) is 12.4 Å². The van der Waals surface area contributed by atoms with Crippen LogP contribution >= 0.6 is 11.6 Å². The third-order valence-corrected chi connectivity index (χ3v) is 3.23. The third-order valence-electron chi connectivity index (χ3n) is 3.06. The highest BCUT2D eigenvalue weighted by Gasteiger charge is 2.22. The standard InChI is InChI=1S/C11H17ClN4O2/c1-18-11-15-9(12)14-10(16-11)13-7-5-3-2-4-6-8(7)17/h7-8,17H,2-6H2,1H3,(H,13,14,15,16). The van der Waals surface area contributed by atoms with Gasteiger partial charge in [0.05, 0.1) is 19.3 Å². The summed E-state index contributed by atoms with van der Waals surface area (Å²) in [5.74, 6) is 0.345. The number of anilines is 1. The molecule has 0 aromatic carbocycles. The Kier molecular flexibility index (Phi) is 4.54. The van der Waals surface area contributed by atoms with Crippen LogP contribution in [0.15, 0.2) is 0 Å². The monoisotopic (exact) mass is 272 g/mol. The molecule has 18 heavy (non-hydrogen) atoms. The van der Waals surface area contributed by atoms with Gasteiger partial charge in [-0.05, 0) is 24.4 Å². The quantitative estimate of drug-likeness (QED) is 0.814. The van der Waals surface area contributed by atoms with Crippen LogP contribution in [0.2, 0.25) is 5.28 Å². The molecule has 2 N–H and O–H groups in total. The molecule has 0 bridgehead atoms. The molecule has 0 saturated heterocycles.